The highest BCUT2D eigenvalue weighted by Gasteiger charge is 2.25. The summed E-state index contributed by atoms with van der Waals surface area (Å²) >= 11 is 6.25. The van der Waals surface area contributed by atoms with Gasteiger partial charge in [0.25, 0.3) is 0 Å². The Balaban J connectivity index is 1.90. The highest BCUT2D eigenvalue weighted by atomic mass is 35.5. The number of hydrogen-bond acceptors (Lipinski definition) is 3. The minimum atomic E-state index is 0.287. The van der Waals surface area contributed by atoms with E-state index in [2.05, 4.69) is 21.8 Å². The van der Waals surface area contributed by atoms with Crippen LogP contribution in [0.25, 0.3) is 11.0 Å². The van der Waals surface area contributed by atoms with Crippen LogP contribution in [0.2, 0.25) is 0 Å². The number of rotatable bonds is 1. The van der Waals surface area contributed by atoms with Crippen LogP contribution < -0.4 is 4.90 Å². The molecule has 18 heavy (non-hydrogen) atoms. The Morgan fingerprint density at radius 1 is 1.28 bits per heavy atom. The Hall–Kier alpha value is -1.35. The largest absolute Gasteiger partial charge is 0.355 e. The average molecular weight is 262 g/mol. The molecule has 0 N–H and O–H groups in total. The molecule has 1 aliphatic heterocycles. The molecule has 1 aliphatic rings. The van der Waals surface area contributed by atoms with Crippen molar-refractivity contribution in [3.8, 4) is 0 Å². The van der Waals surface area contributed by atoms with E-state index in [-0.39, 0.29) is 5.38 Å². The van der Waals surface area contributed by atoms with Gasteiger partial charge in [-0.2, -0.15) is 0 Å². The summed E-state index contributed by atoms with van der Waals surface area (Å²) in [5.41, 5.74) is 1.90. The van der Waals surface area contributed by atoms with E-state index in [4.69, 9.17) is 11.6 Å². The number of halogens is 1. The molecule has 1 aromatic heterocycles. The van der Waals surface area contributed by atoms with Crippen LogP contribution in [0.3, 0.4) is 0 Å². The molecule has 0 spiro atoms. The highest BCUT2D eigenvalue weighted by Crippen LogP contribution is 2.25. The van der Waals surface area contributed by atoms with Crippen molar-refractivity contribution in [2.75, 3.05) is 18.0 Å². The van der Waals surface area contributed by atoms with Crippen molar-refractivity contribution >= 4 is 28.5 Å². The van der Waals surface area contributed by atoms with E-state index in [0.717, 1.165) is 36.4 Å². The lowest BCUT2D eigenvalue weighted by molar-refractivity contribution is 0.452. The number of aromatic nitrogens is 2. The predicted molar refractivity (Wildman–Crippen MR) is 75.2 cm³/mol. The smallest absolute Gasteiger partial charge is 0.147 e. The fourth-order valence-electron chi connectivity index (χ4n) is 2.42. The minimum Gasteiger partial charge on any atom is -0.355 e. The lowest BCUT2D eigenvalue weighted by Gasteiger charge is -2.34. The second-order valence-corrected chi connectivity index (χ2v) is 5.51. The summed E-state index contributed by atoms with van der Waals surface area (Å²) in [6.07, 6.45) is 2.88. The van der Waals surface area contributed by atoms with Gasteiger partial charge in [0.1, 0.15) is 5.82 Å². The number of hydrogen-bond donors (Lipinski definition) is 0. The number of fused-ring (bicyclic) bond motifs is 1. The van der Waals surface area contributed by atoms with Gasteiger partial charge < -0.3 is 4.90 Å². The van der Waals surface area contributed by atoms with Crippen molar-refractivity contribution in [3.63, 3.8) is 0 Å². The summed E-state index contributed by atoms with van der Waals surface area (Å²) in [6, 6.07) is 7.97. The van der Waals surface area contributed by atoms with Gasteiger partial charge in [-0.3, -0.25) is 4.98 Å². The zero-order chi connectivity index (χ0) is 12.5. The van der Waals surface area contributed by atoms with Crippen molar-refractivity contribution in [3.05, 3.63) is 30.5 Å². The maximum Gasteiger partial charge on any atom is 0.147 e. The third kappa shape index (κ3) is 2.15. The fourth-order valence-corrected chi connectivity index (χ4v) is 2.60. The SMILES string of the molecule is CC1CN(c2cnc3ccccc3n2)CCC1Cl. The van der Waals surface area contributed by atoms with Crippen LogP contribution in [-0.2, 0) is 0 Å². The first-order valence-corrected chi connectivity index (χ1v) is 6.78. The quantitative estimate of drug-likeness (QED) is 0.739. The summed E-state index contributed by atoms with van der Waals surface area (Å²) in [6.45, 7) is 4.12. The molecule has 2 unspecified atom stereocenters. The Kier molecular flexibility index (Phi) is 3.08. The zero-order valence-electron chi connectivity index (χ0n) is 10.4. The van der Waals surface area contributed by atoms with Crippen LogP contribution in [0.1, 0.15) is 13.3 Å². The van der Waals surface area contributed by atoms with Gasteiger partial charge in [-0.15, -0.1) is 11.6 Å². The van der Waals surface area contributed by atoms with Crippen LogP contribution in [0.15, 0.2) is 30.5 Å². The number of alkyl halides is 1. The van der Waals surface area contributed by atoms with Gasteiger partial charge in [-0.25, -0.2) is 4.98 Å². The van der Waals surface area contributed by atoms with E-state index in [1.807, 2.05) is 30.5 Å². The molecular formula is C14H16ClN3. The normalized spacial score (nSPS) is 24.4. The molecule has 3 rings (SSSR count). The van der Waals surface area contributed by atoms with Gasteiger partial charge in [-0.1, -0.05) is 19.1 Å². The van der Waals surface area contributed by atoms with Crippen LogP contribution in [0.5, 0.6) is 0 Å². The molecule has 0 amide bonds. The first kappa shape index (κ1) is 11.7. The molecule has 94 valence electrons. The van der Waals surface area contributed by atoms with E-state index in [1.54, 1.807) is 0 Å². The Labute approximate surface area is 112 Å². The number of benzene rings is 1. The molecule has 0 aliphatic carbocycles. The Morgan fingerprint density at radius 3 is 2.83 bits per heavy atom. The summed E-state index contributed by atoms with van der Waals surface area (Å²) in [5.74, 6) is 1.46. The van der Waals surface area contributed by atoms with Gasteiger partial charge in [0.2, 0.25) is 0 Å². The standard InChI is InChI=1S/C14H16ClN3/c1-10-9-18(7-6-11(10)15)14-8-16-12-4-2-3-5-13(12)17-14/h2-5,8,10-11H,6-7,9H2,1H3. The second-order valence-electron chi connectivity index (χ2n) is 4.94. The summed E-state index contributed by atoms with van der Waals surface area (Å²) < 4.78 is 0. The molecule has 2 atom stereocenters. The maximum atomic E-state index is 6.25. The average Bonchev–Trinajstić information content (AvgIpc) is 2.41. The first-order valence-electron chi connectivity index (χ1n) is 6.35. The number of piperidine rings is 1. The lowest BCUT2D eigenvalue weighted by atomic mass is 10.00. The third-order valence-corrected chi connectivity index (χ3v) is 4.21. The zero-order valence-corrected chi connectivity index (χ0v) is 11.1. The summed E-state index contributed by atoms with van der Waals surface area (Å²) in [5, 5.41) is 0.287. The van der Waals surface area contributed by atoms with Gasteiger partial charge >= 0.3 is 0 Å². The number of para-hydroxylation sites is 2. The summed E-state index contributed by atoms with van der Waals surface area (Å²) in [4.78, 5) is 11.4. The van der Waals surface area contributed by atoms with E-state index in [9.17, 15) is 0 Å². The molecule has 0 bridgehead atoms. The van der Waals surface area contributed by atoms with Crippen LogP contribution in [-0.4, -0.2) is 28.4 Å². The second kappa shape index (κ2) is 4.73. The molecule has 1 saturated heterocycles. The fraction of sp³-hybridized carbons (Fsp3) is 0.429. The topological polar surface area (TPSA) is 29.0 Å². The van der Waals surface area contributed by atoms with Crippen molar-refractivity contribution in [2.24, 2.45) is 5.92 Å². The Bertz CT molecular complexity index is 557. The number of anilines is 1. The molecule has 0 saturated carbocycles. The van der Waals surface area contributed by atoms with E-state index < -0.39 is 0 Å². The Morgan fingerprint density at radius 2 is 2.06 bits per heavy atom. The van der Waals surface area contributed by atoms with Crippen molar-refractivity contribution in [2.45, 2.75) is 18.7 Å². The minimum absolute atomic E-state index is 0.287. The lowest BCUT2D eigenvalue weighted by Crippen LogP contribution is -2.40. The summed E-state index contributed by atoms with van der Waals surface area (Å²) in [7, 11) is 0. The van der Waals surface area contributed by atoms with Gasteiger partial charge in [0.15, 0.2) is 0 Å². The maximum absolute atomic E-state index is 6.25. The van der Waals surface area contributed by atoms with Crippen LogP contribution in [0, 0.1) is 5.92 Å². The molecular weight excluding hydrogens is 246 g/mol. The molecule has 2 heterocycles. The molecule has 1 aromatic carbocycles. The molecule has 1 fully saturated rings. The van der Waals surface area contributed by atoms with Crippen molar-refractivity contribution < 1.29 is 0 Å². The predicted octanol–water partition coefficient (Wildman–Crippen LogP) is 3.08. The van der Waals surface area contributed by atoms with Crippen molar-refractivity contribution in [1.29, 1.82) is 0 Å². The molecule has 0 radical (unpaired) electrons. The number of nitrogens with zero attached hydrogens (tertiary/aromatic N) is 3. The van der Waals surface area contributed by atoms with Crippen LogP contribution >= 0.6 is 11.6 Å². The first-order chi connectivity index (χ1) is 8.74. The van der Waals surface area contributed by atoms with Gasteiger partial charge in [0.05, 0.1) is 17.2 Å². The van der Waals surface area contributed by atoms with Gasteiger partial charge in [0, 0.05) is 18.5 Å². The molecule has 4 heteroatoms. The van der Waals surface area contributed by atoms with E-state index in [0.29, 0.717) is 5.92 Å². The van der Waals surface area contributed by atoms with Crippen molar-refractivity contribution in [1.82, 2.24) is 9.97 Å². The molecule has 3 nitrogen and oxygen atoms in total. The highest BCUT2D eigenvalue weighted by molar-refractivity contribution is 6.20. The van der Waals surface area contributed by atoms with E-state index >= 15 is 0 Å². The van der Waals surface area contributed by atoms with Crippen LogP contribution in [0.4, 0.5) is 5.82 Å². The molecule has 2 aromatic rings. The third-order valence-electron chi connectivity index (χ3n) is 3.56. The van der Waals surface area contributed by atoms with Gasteiger partial charge in [-0.05, 0) is 24.5 Å². The van der Waals surface area contributed by atoms with E-state index in [1.165, 1.54) is 0 Å². The monoisotopic (exact) mass is 261 g/mol.